The Labute approximate surface area is 329 Å². The highest BCUT2D eigenvalue weighted by Crippen LogP contribution is 2.38. The first-order chi connectivity index (χ1) is 27.7. The third-order valence-corrected chi connectivity index (χ3v) is 11.6. The SMILES string of the molecule is C1#CC(N(C2=CCCCCC2)c2ccc(C3C=CC=CC(c4ccccc4)=C3)cc2)C#CC(c2ccc3ccc4nc(C5=CC6=C(C=CC6)CC5)oc4c3c2)=C1. The van der Waals surface area contributed by atoms with Gasteiger partial charge in [0.05, 0.1) is 0 Å². The van der Waals surface area contributed by atoms with Gasteiger partial charge in [-0.15, -0.1) is 0 Å². The predicted molar refractivity (Wildman–Crippen MR) is 232 cm³/mol. The zero-order valence-electron chi connectivity index (χ0n) is 31.5. The maximum atomic E-state index is 6.56. The van der Waals surface area contributed by atoms with Crippen molar-refractivity contribution in [2.24, 2.45) is 0 Å². The summed E-state index contributed by atoms with van der Waals surface area (Å²) < 4.78 is 6.56. The van der Waals surface area contributed by atoms with Gasteiger partial charge in [0.1, 0.15) is 5.52 Å². The Hall–Kier alpha value is -6.55. The fourth-order valence-corrected chi connectivity index (χ4v) is 8.62. The normalized spacial score (nSPS) is 20.1. The van der Waals surface area contributed by atoms with Gasteiger partial charge in [-0.2, -0.15) is 0 Å². The van der Waals surface area contributed by atoms with Crippen LogP contribution < -0.4 is 4.90 Å². The largest absolute Gasteiger partial charge is 0.436 e. The third kappa shape index (κ3) is 6.72. The molecule has 5 aromatic rings. The Morgan fingerprint density at radius 1 is 0.786 bits per heavy atom. The standard InChI is InChI=1S/C53H42N2O/c1-2-7-20-47(19-6-1)55(49-31-27-40(28-32-49)43-15-9-8-14-42(34-43)37-12-4-3-5-13-37)48-21-11-17-39(26-30-48)45-24-23-41-29-33-51-52(50(41)36-45)56-53(54-51)46-25-22-38-16-10-18-44(38)35-46/h3-5,8-10,12-17,19,23-24,27-29,31-36,43,48H,1-2,6-7,18,20,22,25H2. The van der Waals surface area contributed by atoms with Crippen molar-refractivity contribution in [3.05, 3.63) is 185 Å². The highest BCUT2D eigenvalue weighted by atomic mass is 16.3. The molecule has 3 heteroatoms. The Morgan fingerprint density at radius 2 is 1.70 bits per heavy atom. The molecule has 5 aliphatic rings. The van der Waals surface area contributed by atoms with E-state index in [0.717, 1.165) is 76.7 Å². The minimum atomic E-state index is -0.274. The Bertz CT molecular complexity index is 2750. The van der Waals surface area contributed by atoms with E-state index in [2.05, 4.69) is 168 Å². The summed E-state index contributed by atoms with van der Waals surface area (Å²) in [7, 11) is 0. The first-order valence-corrected chi connectivity index (χ1v) is 20.1. The second-order valence-corrected chi connectivity index (χ2v) is 15.2. The van der Waals surface area contributed by atoms with E-state index in [1.54, 1.807) is 0 Å². The Balaban J connectivity index is 0.953. The molecule has 5 aliphatic carbocycles. The van der Waals surface area contributed by atoms with E-state index in [0.29, 0.717) is 0 Å². The number of benzene rings is 4. The minimum absolute atomic E-state index is 0.176. The van der Waals surface area contributed by atoms with E-state index < -0.39 is 0 Å². The molecule has 0 radical (unpaired) electrons. The lowest BCUT2D eigenvalue weighted by Gasteiger charge is -2.30. The molecule has 0 N–H and O–H groups in total. The lowest BCUT2D eigenvalue weighted by molar-refractivity contribution is 0.582. The van der Waals surface area contributed by atoms with E-state index in [1.807, 2.05) is 6.08 Å². The topological polar surface area (TPSA) is 29.3 Å². The van der Waals surface area contributed by atoms with Crippen LogP contribution in [0.2, 0.25) is 0 Å². The molecule has 0 spiro atoms. The molecular formula is C53H42N2O. The van der Waals surface area contributed by atoms with E-state index in [1.165, 1.54) is 58.4 Å². The number of hydrogen-bond donors (Lipinski definition) is 0. The monoisotopic (exact) mass is 722 g/mol. The average Bonchev–Trinajstić information content (AvgIpc) is 3.59. The maximum Gasteiger partial charge on any atom is 0.223 e. The summed E-state index contributed by atoms with van der Waals surface area (Å²) in [5, 5.41) is 2.17. The molecule has 0 aliphatic heterocycles. The quantitative estimate of drug-likeness (QED) is 0.157. The number of oxazole rings is 1. The van der Waals surface area contributed by atoms with Crippen LogP contribution in [0.1, 0.15) is 79.9 Å². The lowest BCUT2D eigenvalue weighted by Crippen LogP contribution is -2.32. The highest BCUT2D eigenvalue weighted by Gasteiger charge is 2.23. The molecule has 0 saturated heterocycles. The zero-order chi connectivity index (χ0) is 37.3. The van der Waals surface area contributed by atoms with E-state index in [9.17, 15) is 0 Å². The van der Waals surface area contributed by atoms with Gasteiger partial charge in [0.25, 0.3) is 0 Å². The van der Waals surface area contributed by atoms with Gasteiger partial charge >= 0.3 is 0 Å². The Kier molecular flexibility index (Phi) is 9.06. The molecule has 270 valence electrons. The van der Waals surface area contributed by atoms with Crippen LogP contribution in [-0.4, -0.2) is 11.0 Å². The fourth-order valence-electron chi connectivity index (χ4n) is 8.62. The first kappa shape index (κ1) is 34.0. The van der Waals surface area contributed by atoms with Crippen LogP contribution in [0, 0.1) is 23.7 Å². The van der Waals surface area contributed by atoms with Gasteiger partial charge in [-0.1, -0.05) is 139 Å². The summed E-state index contributed by atoms with van der Waals surface area (Å²) in [6.07, 6.45) is 31.1. The van der Waals surface area contributed by atoms with Crippen LogP contribution in [-0.2, 0) is 0 Å². The molecule has 56 heavy (non-hydrogen) atoms. The van der Waals surface area contributed by atoms with Gasteiger partial charge in [0.15, 0.2) is 11.6 Å². The molecule has 0 amide bonds. The number of hydrogen-bond acceptors (Lipinski definition) is 3. The van der Waals surface area contributed by atoms with Crippen LogP contribution in [0.15, 0.2) is 167 Å². The second kappa shape index (κ2) is 14.9. The van der Waals surface area contributed by atoms with Crippen molar-refractivity contribution in [1.29, 1.82) is 0 Å². The number of nitrogens with zero attached hydrogens (tertiary/aromatic N) is 2. The fraction of sp³-hybridized carbons (Fsp3) is 0.189. The van der Waals surface area contributed by atoms with Crippen LogP contribution in [0.4, 0.5) is 5.69 Å². The van der Waals surface area contributed by atoms with Crippen LogP contribution in [0.3, 0.4) is 0 Å². The molecule has 1 heterocycles. The van der Waals surface area contributed by atoms with Gasteiger partial charge in [0.2, 0.25) is 5.89 Å². The van der Waals surface area contributed by atoms with E-state index in [-0.39, 0.29) is 12.0 Å². The molecular weight excluding hydrogens is 681 g/mol. The number of allylic oxidation sites excluding steroid dienone is 16. The van der Waals surface area contributed by atoms with Gasteiger partial charge in [-0.25, -0.2) is 4.98 Å². The predicted octanol–water partition coefficient (Wildman–Crippen LogP) is 12.8. The molecule has 0 fully saturated rings. The number of aromatic nitrogens is 1. The van der Waals surface area contributed by atoms with Crippen molar-refractivity contribution in [2.45, 2.75) is 63.3 Å². The number of anilines is 1. The first-order valence-electron chi connectivity index (χ1n) is 20.1. The highest BCUT2D eigenvalue weighted by molar-refractivity contribution is 6.05. The molecule has 3 nitrogen and oxygen atoms in total. The average molecular weight is 723 g/mol. The summed E-state index contributed by atoms with van der Waals surface area (Å²) in [5.41, 5.74) is 13.9. The smallest absolute Gasteiger partial charge is 0.223 e. The third-order valence-electron chi connectivity index (χ3n) is 11.6. The van der Waals surface area contributed by atoms with Crippen molar-refractivity contribution in [1.82, 2.24) is 4.98 Å². The molecule has 1 aromatic heterocycles. The van der Waals surface area contributed by atoms with Crippen molar-refractivity contribution in [3.8, 4) is 23.7 Å². The van der Waals surface area contributed by atoms with Crippen molar-refractivity contribution in [3.63, 3.8) is 0 Å². The van der Waals surface area contributed by atoms with Crippen molar-refractivity contribution >= 4 is 44.3 Å². The van der Waals surface area contributed by atoms with E-state index >= 15 is 0 Å². The molecule has 0 saturated carbocycles. The summed E-state index contributed by atoms with van der Waals surface area (Å²) in [5.74, 6) is 15.0. The zero-order valence-corrected chi connectivity index (χ0v) is 31.5. The van der Waals surface area contributed by atoms with Crippen LogP contribution in [0.5, 0.6) is 0 Å². The molecule has 10 rings (SSSR count). The molecule has 2 unspecified atom stereocenters. The van der Waals surface area contributed by atoms with Crippen LogP contribution in [0.25, 0.3) is 38.6 Å². The number of fused-ring (bicyclic) bond motifs is 3. The summed E-state index contributed by atoms with van der Waals surface area (Å²) in [6, 6.07) is 30.1. The molecule has 4 aromatic carbocycles. The van der Waals surface area contributed by atoms with Crippen molar-refractivity contribution < 1.29 is 4.42 Å². The van der Waals surface area contributed by atoms with Gasteiger partial charge in [-0.05, 0) is 114 Å². The maximum absolute atomic E-state index is 6.56. The summed E-state index contributed by atoms with van der Waals surface area (Å²) >= 11 is 0. The van der Waals surface area contributed by atoms with Gasteiger partial charge in [0, 0.05) is 39.9 Å². The lowest BCUT2D eigenvalue weighted by atomic mass is 9.94. The van der Waals surface area contributed by atoms with E-state index in [4.69, 9.17) is 9.40 Å². The van der Waals surface area contributed by atoms with Gasteiger partial charge in [-0.3, -0.25) is 0 Å². The van der Waals surface area contributed by atoms with Crippen molar-refractivity contribution in [2.75, 3.05) is 4.90 Å². The Morgan fingerprint density at radius 3 is 2.62 bits per heavy atom. The molecule has 2 atom stereocenters. The van der Waals surface area contributed by atoms with Crippen LogP contribution >= 0.6 is 0 Å². The molecule has 0 bridgehead atoms. The van der Waals surface area contributed by atoms with Gasteiger partial charge < -0.3 is 9.32 Å². The second-order valence-electron chi connectivity index (χ2n) is 15.2. The summed E-state index contributed by atoms with van der Waals surface area (Å²) in [4.78, 5) is 7.35. The number of rotatable bonds is 7. The summed E-state index contributed by atoms with van der Waals surface area (Å²) in [6.45, 7) is 0. The minimum Gasteiger partial charge on any atom is -0.436 e.